The van der Waals surface area contributed by atoms with Gasteiger partial charge in [-0.2, -0.15) is 0 Å². The first-order valence-corrected chi connectivity index (χ1v) is 8.82. The predicted octanol–water partition coefficient (Wildman–Crippen LogP) is 3.32. The van der Waals surface area contributed by atoms with Gasteiger partial charge >= 0.3 is 0 Å². The van der Waals surface area contributed by atoms with Crippen LogP contribution in [-0.4, -0.2) is 38.3 Å². The summed E-state index contributed by atoms with van der Waals surface area (Å²) in [5, 5.41) is 6.63. The molecule has 0 aliphatic rings. The number of hydrogen-bond acceptors (Lipinski definition) is 4. The lowest BCUT2D eigenvalue weighted by atomic mass is 10.1. The summed E-state index contributed by atoms with van der Waals surface area (Å²) in [5.74, 6) is 2.31. The van der Waals surface area contributed by atoms with E-state index in [1.54, 1.807) is 20.4 Å². The molecule has 2 aromatic rings. The molecule has 0 saturated heterocycles. The lowest BCUT2D eigenvalue weighted by molar-refractivity contribution is 0.322. The second-order valence-electron chi connectivity index (χ2n) is 5.82. The van der Waals surface area contributed by atoms with Crippen LogP contribution in [0.25, 0.3) is 0 Å². The van der Waals surface area contributed by atoms with Crippen LogP contribution in [0.15, 0.2) is 41.5 Å². The Kier molecular flexibility index (Phi) is 10.5. The maximum absolute atomic E-state index is 5.55. The molecule has 2 rings (SSSR count). The summed E-state index contributed by atoms with van der Waals surface area (Å²) in [6.45, 7) is 5.98. The molecule has 0 atom stereocenters. The molecule has 1 heterocycles. The van der Waals surface area contributed by atoms with Gasteiger partial charge in [-0.15, -0.1) is 24.0 Å². The van der Waals surface area contributed by atoms with Crippen LogP contribution in [0.1, 0.15) is 23.6 Å². The zero-order valence-electron chi connectivity index (χ0n) is 16.4. The van der Waals surface area contributed by atoms with E-state index in [-0.39, 0.29) is 24.0 Å². The van der Waals surface area contributed by atoms with Crippen molar-refractivity contribution < 1.29 is 9.47 Å². The molecule has 0 bridgehead atoms. The number of nitrogens with zero attached hydrogens (tertiary/aromatic N) is 2. The molecule has 1 aromatic heterocycles. The quantitative estimate of drug-likeness (QED) is 0.342. The molecule has 0 fully saturated rings. The SMILES string of the molecule is CCOc1ncccc1CNC(=NC)NCCc1cc(C)ccc1OC.I. The molecule has 0 spiro atoms. The largest absolute Gasteiger partial charge is 0.496 e. The molecule has 1 aromatic carbocycles. The Hall–Kier alpha value is -2.03. The van der Waals surface area contributed by atoms with Gasteiger partial charge in [-0.3, -0.25) is 4.99 Å². The first-order chi connectivity index (χ1) is 12.7. The molecule has 2 N–H and O–H groups in total. The van der Waals surface area contributed by atoms with Crippen molar-refractivity contribution in [1.29, 1.82) is 0 Å². The van der Waals surface area contributed by atoms with Crippen molar-refractivity contribution in [2.24, 2.45) is 4.99 Å². The Bertz CT molecular complexity index is 738. The molecule has 6 nitrogen and oxygen atoms in total. The molecule has 0 radical (unpaired) electrons. The predicted molar refractivity (Wildman–Crippen MR) is 120 cm³/mol. The molecule has 0 aliphatic carbocycles. The highest BCUT2D eigenvalue weighted by Gasteiger charge is 2.07. The summed E-state index contributed by atoms with van der Waals surface area (Å²) in [5.41, 5.74) is 3.40. The van der Waals surface area contributed by atoms with Gasteiger partial charge in [-0.05, 0) is 38.0 Å². The number of nitrogens with one attached hydrogen (secondary N) is 2. The first-order valence-electron chi connectivity index (χ1n) is 8.82. The second-order valence-corrected chi connectivity index (χ2v) is 5.82. The minimum atomic E-state index is 0. The fraction of sp³-hybridized carbons (Fsp3) is 0.400. The van der Waals surface area contributed by atoms with E-state index in [4.69, 9.17) is 9.47 Å². The number of guanidine groups is 1. The fourth-order valence-electron chi connectivity index (χ4n) is 2.64. The Balaban J connectivity index is 0.00000364. The van der Waals surface area contributed by atoms with E-state index in [0.29, 0.717) is 19.0 Å². The van der Waals surface area contributed by atoms with Crippen LogP contribution < -0.4 is 20.1 Å². The van der Waals surface area contributed by atoms with Gasteiger partial charge in [0.05, 0.1) is 13.7 Å². The normalized spacial score (nSPS) is 10.7. The third kappa shape index (κ3) is 7.24. The van der Waals surface area contributed by atoms with Crippen molar-refractivity contribution in [3.8, 4) is 11.6 Å². The molecule has 0 unspecified atom stereocenters. The number of pyridine rings is 1. The van der Waals surface area contributed by atoms with E-state index in [0.717, 1.165) is 30.2 Å². The van der Waals surface area contributed by atoms with E-state index >= 15 is 0 Å². The van der Waals surface area contributed by atoms with Crippen LogP contribution in [0.5, 0.6) is 11.6 Å². The lowest BCUT2D eigenvalue weighted by Crippen LogP contribution is -2.38. The van der Waals surface area contributed by atoms with E-state index in [9.17, 15) is 0 Å². The molecular formula is C20H29IN4O2. The summed E-state index contributed by atoms with van der Waals surface area (Å²) in [7, 11) is 3.46. The summed E-state index contributed by atoms with van der Waals surface area (Å²) < 4.78 is 11.0. The van der Waals surface area contributed by atoms with Gasteiger partial charge in [0.25, 0.3) is 0 Å². The number of aromatic nitrogens is 1. The van der Waals surface area contributed by atoms with Crippen molar-refractivity contribution in [3.05, 3.63) is 53.2 Å². The maximum Gasteiger partial charge on any atom is 0.218 e. The first kappa shape index (κ1) is 23.0. The van der Waals surface area contributed by atoms with Gasteiger partial charge in [-0.1, -0.05) is 23.8 Å². The Labute approximate surface area is 178 Å². The third-order valence-corrected chi connectivity index (χ3v) is 3.92. The number of rotatable bonds is 8. The third-order valence-electron chi connectivity index (χ3n) is 3.92. The zero-order valence-corrected chi connectivity index (χ0v) is 18.7. The highest BCUT2D eigenvalue weighted by molar-refractivity contribution is 14.0. The van der Waals surface area contributed by atoms with Crippen LogP contribution in [0, 0.1) is 6.92 Å². The zero-order chi connectivity index (χ0) is 18.8. The van der Waals surface area contributed by atoms with Crippen LogP contribution in [0.3, 0.4) is 0 Å². The standard InChI is InChI=1S/C20H28N4O2.HI/c1-5-26-19-17(7-6-11-22-19)14-24-20(21-3)23-12-10-16-13-15(2)8-9-18(16)25-4;/h6-9,11,13H,5,10,12,14H2,1-4H3,(H2,21,23,24);1H. The maximum atomic E-state index is 5.55. The van der Waals surface area contributed by atoms with Crippen molar-refractivity contribution >= 4 is 29.9 Å². The number of hydrogen-bond donors (Lipinski definition) is 2. The molecule has 0 amide bonds. The van der Waals surface area contributed by atoms with Gasteiger partial charge in [0.15, 0.2) is 5.96 Å². The average Bonchev–Trinajstić information content (AvgIpc) is 2.66. The summed E-state index contributed by atoms with van der Waals surface area (Å²) in [6, 6.07) is 10.1. The number of methoxy groups -OCH3 is 1. The van der Waals surface area contributed by atoms with Gasteiger partial charge in [0.2, 0.25) is 5.88 Å². The number of aryl methyl sites for hydroxylation is 1. The van der Waals surface area contributed by atoms with Crippen molar-refractivity contribution in [3.63, 3.8) is 0 Å². The van der Waals surface area contributed by atoms with Gasteiger partial charge in [0.1, 0.15) is 5.75 Å². The van der Waals surface area contributed by atoms with E-state index < -0.39 is 0 Å². The van der Waals surface area contributed by atoms with E-state index in [2.05, 4.69) is 39.7 Å². The van der Waals surface area contributed by atoms with Gasteiger partial charge < -0.3 is 20.1 Å². The second kappa shape index (κ2) is 12.4. The molecular weight excluding hydrogens is 455 g/mol. The highest BCUT2D eigenvalue weighted by Crippen LogP contribution is 2.19. The molecule has 0 aliphatic heterocycles. The molecule has 7 heteroatoms. The number of halogens is 1. The van der Waals surface area contributed by atoms with Crippen LogP contribution in [0.4, 0.5) is 0 Å². The van der Waals surface area contributed by atoms with Gasteiger partial charge in [0, 0.05) is 31.9 Å². The minimum Gasteiger partial charge on any atom is -0.496 e. The number of benzene rings is 1. The number of ether oxygens (including phenoxy) is 2. The van der Waals surface area contributed by atoms with Crippen molar-refractivity contribution in [1.82, 2.24) is 15.6 Å². The Morgan fingerprint density at radius 1 is 1.19 bits per heavy atom. The fourth-order valence-corrected chi connectivity index (χ4v) is 2.64. The topological polar surface area (TPSA) is 67.8 Å². The van der Waals surface area contributed by atoms with Crippen LogP contribution >= 0.6 is 24.0 Å². The van der Waals surface area contributed by atoms with E-state index in [1.165, 1.54) is 11.1 Å². The van der Waals surface area contributed by atoms with Crippen molar-refractivity contribution in [2.45, 2.75) is 26.8 Å². The number of aliphatic imine (C=N–C) groups is 1. The minimum absolute atomic E-state index is 0. The smallest absolute Gasteiger partial charge is 0.218 e. The summed E-state index contributed by atoms with van der Waals surface area (Å²) in [4.78, 5) is 8.54. The molecule has 27 heavy (non-hydrogen) atoms. The Morgan fingerprint density at radius 2 is 2.00 bits per heavy atom. The van der Waals surface area contributed by atoms with Crippen molar-refractivity contribution in [2.75, 3.05) is 27.3 Å². The monoisotopic (exact) mass is 484 g/mol. The lowest BCUT2D eigenvalue weighted by Gasteiger charge is -2.14. The van der Waals surface area contributed by atoms with Crippen LogP contribution in [-0.2, 0) is 13.0 Å². The highest BCUT2D eigenvalue weighted by atomic mass is 127. The summed E-state index contributed by atoms with van der Waals surface area (Å²) in [6.07, 6.45) is 2.58. The average molecular weight is 484 g/mol. The van der Waals surface area contributed by atoms with Gasteiger partial charge in [-0.25, -0.2) is 4.98 Å². The van der Waals surface area contributed by atoms with E-state index in [1.807, 2.05) is 25.1 Å². The van der Waals surface area contributed by atoms with Crippen LogP contribution in [0.2, 0.25) is 0 Å². The molecule has 0 saturated carbocycles. The Morgan fingerprint density at radius 3 is 2.70 bits per heavy atom. The molecule has 148 valence electrons. The summed E-state index contributed by atoms with van der Waals surface area (Å²) >= 11 is 0.